The van der Waals surface area contributed by atoms with Crippen molar-refractivity contribution in [2.24, 2.45) is 0 Å². The number of nitro groups is 1. The first-order valence-corrected chi connectivity index (χ1v) is 10.2. The monoisotopic (exact) mass is 421 g/mol. The highest BCUT2D eigenvalue weighted by Gasteiger charge is 2.28. The molecule has 2 aromatic carbocycles. The lowest BCUT2D eigenvalue weighted by Gasteiger charge is -2.23. The van der Waals surface area contributed by atoms with Gasteiger partial charge in [-0.15, -0.1) is 0 Å². The minimum absolute atomic E-state index is 0.117. The van der Waals surface area contributed by atoms with Crippen LogP contribution in [0.2, 0.25) is 0 Å². The number of hydrogen-bond acceptors (Lipinski definition) is 8. The van der Waals surface area contributed by atoms with Crippen molar-refractivity contribution < 1.29 is 27.6 Å². The molecule has 0 saturated carbocycles. The van der Waals surface area contributed by atoms with Crippen molar-refractivity contribution in [1.82, 2.24) is 4.72 Å². The molecule has 0 spiro atoms. The summed E-state index contributed by atoms with van der Waals surface area (Å²) in [5.41, 5.74) is -0.185. The van der Waals surface area contributed by atoms with Crippen molar-refractivity contribution in [3.8, 4) is 0 Å². The predicted molar refractivity (Wildman–Crippen MR) is 103 cm³/mol. The Morgan fingerprint density at radius 2 is 1.93 bits per heavy atom. The zero-order chi connectivity index (χ0) is 20.9. The molecule has 2 aromatic rings. The quantitative estimate of drug-likeness (QED) is 0.507. The molecule has 11 heteroatoms. The maximum absolute atomic E-state index is 12.6. The van der Waals surface area contributed by atoms with Crippen LogP contribution >= 0.6 is 0 Å². The highest BCUT2D eigenvalue weighted by molar-refractivity contribution is 7.90. The molecule has 0 unspecified atom stereocenters. The van der Waals surface area contributed by atoms with Gasteiger partial charge in [-0.2, -0.15) is 0 Å². The zero-order valence-corrected chi connectivity index (χ0v) is 16.1. The number of amides is 1. The first-order chi connectivity index (χ1) is 13.9. The third kappa shape index (κ3) is 5.28. The lowest BCUT2D eigenvalue weighted by Crippen LogP contribution is -2.34. The summed E-state index contributed by atoms with van der Waals surface area (Å²) in [5.74, 6) is -0.878. The van der Waals surface area contributed by atoms with Crippen molar-refractivity contribution in [2.45, 2.75) is 11.0 Å². The first kappa shape index (κ1) is 20.7. The summed E-state index contributed by atoms with van der Waals surface area (Å²) in [6.07, 6.45) is -0.212. The molecule has 1 aliphatic heterocycles. The van der Waals surface area contributed by atoms with Crippen molar-refractivity contribution >= 4 is 27.3 Å². The normalized spacial score (nSPS) is 16.8. The fourth-order valence-electron chi connectivity index (χ4n) is 2.71. The SMILES string of the molecule is O=C(NS(=O)(=O)c1ccc(NC[C@@H]2COCCO2)cc1[N+](=O)[O-])c1ccccc1. The van der Waals surface area contributed by atoms with Gasteiger partial charge in [0.1, 0.15) is 0 Å². The van der Waals surface area contributed by atoms with E-state index in [2.05, 4.69) is 5.32 Å². The number of ether oxygens (including phenoxy) is 2. The van der Waals surface area contributed by atoms with Gasteiger partial charge < -0.3 is 14.8 Å². The van der Waals surface area contributed by atoms with Gasteiger partial charge >= 0.3 is 0 Å². The zero-order valence-electron chi connectivity index (χ0n) is 15.2. The highest BCUT2D eigenvalue weighted by Crippen LogP contribution is 2.27. The van der Waals surface area contributed by atoms with Gasteiger partial charge in [-0.3, -0.25) is 14.9 Å². The molecule has 3 rings (SSSR count). The molecule has 154 valence electrons. The summed E-state index contributed by atoms with van der Waals surface area (Å²) in [4.78, 5) is 22.2. The molecule has 0 aliphatic carbocycles. The summed E-state index contributed by atoms with van der Waals surface area (Å²) in [6.45, 7) is 1.72. The van der Waals surface area contributed by atoms with Crippen LogP contribution in [0.4, 0.5) is 11.4 Å². The van der Waals surface area contributed by atoms with E-state index >= 15 is 0 Å². The van der Waals surface area contributed by atoms with Crippen LogP contribution in [0.5, 0.6) is 0 Å². The van der Waals surface area contributed by atoms with Gasteiger partial charge in [-0.25, -0.2) is 13.1 Å². The van der Waals surface area contributed by atoms with E-state index in [4.69, 9.17) is 9.47 Å². The predicted octanol–water partition coefficient (Wildman–Crippen LogP) is 1.54. The number of carbonyl (C=O) groups is 1. The molecule has 0 bridgehead atoms. The number of sulfonamides is 1. The molecule has 1 amide bonds. The van der Waals surface area contributed by atoms with Crippen LogP contribution in [0.1, 0.15) is 10.4 Å². The van der Waals surface area contributed by atoms with Crippen molar-refractivity contribution in [3.05, 3.63) is 64.2 Å². The van der Waals surface area contributed by atoms with E-state index in [1.54, 1.807) is 18.2 Å². The van der Waals surface area contributed by atoms with Gasteiger partial charge in [-0.1, -0.05) is 18.2 Å². The Kier molecular flexibility index (Phi) is 6.42. The molecule has 1 heterocycles. The van der Waals surface area contributed by atoms with E-state index in [1.165, 1.54) is 18.2 Å². The summed E-state index contributed by atoms with van der Waals surface area (Å²) in [6, 6.07) is 11.3. The van der Waals surface area contributed by atoms with E-state index in [0.717, 1.165) is 12.1 Å². The molecule has 1 saturated heterocycles. The van der Waals surface area contributed by atoms with E-state index in [-0.39, 0.29) is 11.7 Å². The lowest BCUT2D eigenvalue weighted by atomic mass is 10.2. The van der Waals surface area contributed by atoms with E-state index in [9.17, 15) is 23.3 Å². The number of anilines is 1. The Morgan fingerprint density at radius 3 is 2.59 bits per heavy atom. The molecule has 1 atom stereocenters. The summed E-state index contributed by atoms with van der Waals surface area (Å²) in [7, 11) is -4.45. The summed E-state index contributed by atoms with van der Waals surface area (Å²) < 4.78 is 37.7. The minimum atomic E-state index is -4.45. The number of benzene rings is 2. The smallest absolute Gasteiger partial charge is 0.291 e. The van der Waals surface area contributed by atoms with Gasteiger partial charge in [0.05, 0.1) is 30.8 Å². The second-order valence-corrected chi connectivity index (χ2v) is 7.84. The third-order valence-electron chi connectivity index (χ3n) is 4.13. The van der Waals surface area contributed by atoms with E-state index in [0.29, 0.717) is 32.1 Å². The van der Waals surface area contributed by atoms with Gasteiger partial charge in [0.15, 0.2) is 4.90 Å². The number of hydrogen-bond donors (Lipinski definition) is 2. The second-order valence-electron chi connectivity index (χ2n) is 6.19. The second kappa shape index (κ2) is 8.99. The molecule has 10 nitrogen and oxygen atoms in total. The third-order valence-corrected chi connectivity index (χ3v) is 5.51. The first-order valence-electron chi connectivity index (χ1n) is 8.70. The Bertz CT molecular complexity index is 990. The number of nitro benzene ring substituents is 1. The van der Waals surface area contributed by atoms with Crippen molar-refractivity contribution in [3.63, 3.8) is 0 Å². The molecular formula is C18H19N3O7S. The highest BCUT2D eigenvalue weighted by atomic mass is 32.2. The molecule has 1 aliphatic rings. The van der Waals surface area contributed by atoms with Crippen LogP contribution in [-0.2, 0) is 19.5 Å². The summed E-state index contributed by atoms with van der Waals surface area (Å²) in [5, 5.41) is 14.4. The van der Waals surface area contributed by atoms with Crippen molar-refractivity contribution in [1.29, 1.82) is 0 Å². The maximum atomic E-state index is 12.6. The Balaban J connectivity index is 1.78. The molecule has 2 N–H and O–H groups in total. The Morgan fingerprint density at radius 1 is 1.17 bits per heavy atom. The van der Waals surface area contributed by atoms with Crippen LogP contribution in [-0.4, -0.2) is 51.7 Å². The largest absolute Gasteiger partial charge is 0.382 e. The molecular weight excluding hydrogens is 402 g/mol. The van der Waals surface area contributed by atoms with Crippen LogP contribution < -0.4 is 10.0 Å². The summed E-state index contributed by atoms with van der Waals surface area (Å²) >= 11 is 0. The van der Waals surface area contributed by atoms with Gasteiger partial charge in [-0.05, 0) is 24.3 Å². The number of carbonyl (C=O) groups excluding carboxylic acids is 1. The van der Waals surface area contributed by atoms with Crippen LogP contribution in [0.3, 0.4) is 0 Å². The Hall–Kier alpha value is -3.02. The maximum Gasteiger partial charge on any atom is 0.291 e. The van der Waals surface area contributed by atoms with Gasteiger partial charge in [0.25, 0.3) is 21.6 Å². The molecule has 0 aromatic heterocycles. The van der Waals surface area contributed by atoms with Crippen LogP contribution in [0, 0.1) is 10.1 Å². The molecule has 1 fully saturated rings. The standard InChI is InChI=1S/C18H19N3O7S/c22-18(13-4-2-1-3-5-13)20-29(25,26)17-7-6-14(10-16(17)21(23)24)19-11-15-12-27-8-9-28-15/h1-7,10,15,19H,8-9,11-12H2,(H,20,22)/t15-/m1/s1. The van der Waals surface area contributed by atoms with Gasteiger partial charge in [0.2, 0.25) is 0 Å². The topological polar surface area (TPSA) is 137 Å². The molecule has 0 radical (unpaired) electrons. The van der Waals surface area contributed by atoms with Gasteiger partial charge in [0, 0.05) is 23.9 Å². The number of rotatable bonds is 7. The average Bonchev–Trinajstić information content (AvgIpc) is 2.73. The lowest BCUT2D eigenvalue weighted by molar-refractivity contribution is -0.387. The van der Waals surface area contributed by atoms with Crippen LogP contribution in [0.15, 0.2) is 53.4 Å². The van der Waals surface area contributed by atoms with E-state index in [1.807, 2.05) is 4.72 Å². The minimum Gasteiger partial charge on any atom is -0.382 e. The number of nitrogens with zero attached hydrogens (tertiary/aromatic N) is 1. The van der Waals surface area contributed by atoms with Crippen LogP contribution in [0.25, 0.3) is 0 Å². The fourth-order valence-corrected chi connectivity index (χ4v) is 3.84. The Labute approximate surface area is 167 Å². The molecule has 29 heavy (non-hydrogen) atoms. The fraction of sp³-hybridized carbons (Fsp3) is 0.278. The average molecular weight is 421 g/mol. The number of nitrogens with one attached hydrogen (secondary N) is 2. The van der Waals surface area contributed by atoms with E-state index < -0.39 is 31.4 Å². The van der Waals surface area contributed by atoms with Crippen molar-refractivity contribution in [2.75, 3.05) is 31.7 Å².